The third-order valence-electron chi connectivity index (χ3n) is 3.41. The van der Waals surface area contributed by atoms with Crippen molar-refractivity contribution in [2.75, 3.05) is 23.8 Å². The number of ether oxygens (including phenoxy) is 1. The lowest BCUT2D eigenvalue weighted by Gasteiger charge is -2.11. The first-order chi connectivity index (χ1) is 11.8. The minimum atomic E-state index is 0.564. The van der Waals surface area contributed by atoms with Crippen LogP contribution in [0.3, 0.4) is 0 Å². The molecule has 0 saturated heterocycles. The van der Waals surface area contributed by atoms with Crippen LogP contribution in [0.25, 0.3) is 0 Å². The van der Waals surface area contributed by atoms with E-state index in [9.17, 15) is 0 Å². The van der Waals surface area contributed by atoms with Crippen molar-refractivity contribution in [1.82, 2.24) is 9.97 Å². The monoisotopic (exact) mass is 320 g/mol. The van der Waals surface area contributed by atoms with E-state index in [4.69, 9.17) is 4.74 Å². The zero-order valence-electron chi connectivity index (χ0n) is 13.6. The van der Waals surface area contributed by atoms with Crippen molar-refractivity contribution in [3.05, 3.63) is 72.4 Å². The van der Waals surface area contributed by atoms with Gasteiger partial charge in [-0.2, -0.15) is 4.98 Å². The van der Waals surface area contributed by atoms with Gasteiger partial charge in [0.1, 0.15) is 18.2 Å². The molecule has 0 spiro atoms. The summed E-state index contributed by atoms with van der Waals surface area (Å²) >= 11 is 0. The van der Waals surface area contributed by atoms with Crippen molar-refractivity contribution in [1.29, 1.82) is 0 Å². The smallest absolute Gasteiger partial charge is 0.229 e. The van der Waals surface area contributed by atoms with Crippen LogP contribution < -0.4 is 15.4 Å². The fraction of sp³-hybridized carbons (Fsp3) is 0.158. The van der Waals surface area contributed by atoms with Gasteiger partial charge in [-0.25, -0.2) is 4.98 Å². The lowest BCUT2D eigenvalue weighted by molar-refractivity contribution is 0.332. The molecule has 1 aromatic heterocycles. The van der Waals surface area contributed by atoms with Crippen LogP contribution in [0, 0.1) is 6.92 Å². The maximum atomic E-state index is 5.67. The molecule has 0 aliphatic heterocycles. The molecule has 24 heavy (non-hydrogen) atoms. The summed E-state index contributed by atoms with van der Waals surface area (Å²) < 4.78 is 5.67. The lowest BCUT2D eigenvalue weighted by Crippen LogP contribution is -2.14. The zero-order chi connectivity index (χ0) is 16.6. The standard InChI is InChI=1S/C19H20N4O/c1-15-14-21-19(22-16-8-4-2-5-9-16)23-18(15)20-12-13-24-17-10-6-3-7-11-17/h2-11,14H,12-13H2,1H3,(H2,20,21,22,23). The summed E-state index contributed by atoms with van der Waals surface area (Å²) in [6, 6.07) is 19.6. The van der Waals surface area contributed by atoms with E-state index < -0.39 is 0 Å². The summed E-state index contributed by atoms with van der Waals surface area (Å²) in [5, 5.41) is 6.49. The molecule has 0 unspecified atom stereocenters. The minimum absolute atomic E-state index is 0.564. The van der Waals surface area contributed by atoms with Gasteiger partial charge in [0.15, 0.2) is 0 Å². The van der Waals surface area contributed by atoms with Gasteiger partial charge in [0, 0.05) is 17.4 Å². The quantitative estimate of drug-likeness (QED) is 0.644. The molecule has 122 valence electrons. The molecular formula is C19H20N4O. The number of aromatic nitrogens is 2. The summed E-state index contributed by atoms with van der Waals surface area (Å²) in [7, 11) is 0. The highest BCUT2D eigenvalue weighted by atomic mass is 16.5. The average Bonchev–Trinajstić information content (AvgIpc) is 2.63. The topological polar surface area (TPSA) is 59.1 Å². The number of nitrogens with one attached hydrogen (secondary N) is 2. The number of hydrogen-bond donors (Lipinski definition) is 2. The Balaban J connectivity index is 1.56. The van der Waals surface area contributed by atoms with E-state index in [2.05, 4.69) is 20.6 Å². The largest absolute Gasteiger partial charge is 0.492 e. The van der Waals surface area contributed by atoms with Crippen LogP contribution in [0.15, 0.2) is 66.9 Å². The van der Waals surface area contributed by atoms with E-state index in [1.165, 1.54) is 0 Å². The summed E-state index contributed by atoms with van der Waals surface area (Å²) in [5.41, 5.74) is 1.95. The molecule has 0 bridgehead atoms. The van der Waals surface area contributed by atoms with Crippen LogP contribution in [0.4, 0.5) is 17.5 Å². The second kappa shape index (κ2) is 7.97. The zero-order valence-corrected chi connectivity index (χ0v) is 13.6. The molecule has 0 saturated carbocycles. The molecule has 5 nitrogen and oxygen atoms in total. The Morgan fingerprint density at radius 2 is 1.67 bits per heavy atom. The molecule has 3 aromatic rings. The Morgan fingerprint density at radius 1 is 0.958 bits per heavy atom. The normalized spacial score (nSPS) is 10.2. The van der Waals surface area contributed by atoms with Gasteiger partial charge in [0.2, 0.25) is 5.95 Å². The van der Waals surface area contributed by atoms with E-state index in [1.807, 2.05) is 67.6 Å². The van der Waals surface area contributed by atoms with E-state index in [0.717, 1.165) is 22.8 Å². The third-order valence-corrected chi connectivity index (χ3v) is 3.41. The van der Waals surface area contributed by atoms with Gasteiger partial charge in [-0.1, -0.05) is 36.4 Å². The summed E-state index contributed by atoms with van der Waals surface area (Å²) in [5.74, 6) is 2.24. The van der Waals surface area contributed by atoms with Crippen LogP contribution in [0.2, 0.25) is 0 Å². The number of rotatable bonds is 7. The molecule has 0 fully saturated rings. The molecule has 3 rings (SSSR count). The Hall–Kier alpha value is -3.08. The summed E-state index contributed by atoms with van der Waals surface area (Å²) in [6.45, 7) is 3.21. The van der Waals surface area contributed by atoms with Crippen LogP contribution in [-0.2, 0) is 0 Å². The first-order valence-electron chi connectivity index (χ1n) is 7.89. The van der Waals surface area contributed by atoms with Crippen molar-refractivity contribution < 1.29 is 4.74 Å². The van der Waals surface area contributed by atoms with Crippen LogP contribution >= 0.6 is 0 Å². The van der Waals surface area contributed by atoms with Crippen LogP contribution in [-0.4, -0.2) is 23.1 Å². The number of benzene rings is 2. The fourth-order valence-electron chi connectivity index (χ4n) is 2.19. The highest BCUT2D eigenvalue weighted by Gasteiger charge is 2.04. The van der Waals surface area contributed by atoms with Crippen molar-refractivity contribution in [3.63, 3.8) is 0 Å². The van der Waals surface area contributed by atoms with Gasteiger partial charge in [-0.05, 0) is 31.2 Å². The summed E-state index contributed by atoms with van der Waals surface area (Å²) in [4.78, 5) is 8.84. The van der Waals surface area contributed by atoms with Gasteiger partial charge in [0.05, 0.1) is 6.54 Å². The summed E-state index contributed by atoms with van der Waals surface area (Å²) in [6.07, 6.45) is 1.80. The molecule has 2 aromatic carbocycles. The SMILES string of the molecule is Cc1cnc(Nc2ccccc2)nc1NCCOc1ccccc1. The minimum Gasteiger partial charge on any atom is -0.492 e. The molecular weight excluding hydrogens is 300 g/mol. The third kappa shape index (κ3) is 4.46. The van der Waals surface area contributed by atoms with Crippen LogP contribution in [0.5, 0.6) is 5.75 Å². The number of para-hydroxylation sites is 2. The maximum absolute atomic E-state index is 5.67. The van der Waals surface area contributed by atoms with E-state index >= 15 is 0 Å². The van der Waals surface area contributed by atoms with E-state index in [-0.39, 0.29) is 0 Å². The Kier molecular flexibility index (Phi) is 5.24. The van der Waals surface area contributed by atoms with Gasteiger partial charge in [-0.15, -0.1) is 0 Å². The van der Waals surface area contributed by atoms with Gasteiger partial charge < -0.3 is 15.4 Å². The number of aryl methyl sites for hydroxylation is 1. The van der Waals surface area contributed by atoms with Crippen molar-refractivity contribution in [3.8, 4) is 5.75 Å². The van der Waals surface area contributed by atoms with Crippen molar-refractivity contribution >= 4 is 17.5 Å². The van der Waals surface area contributed by atoms with E-state index in [1.54, 1.807) is 6.20 Å². The highest BCUT2D eigenvalue weighted by molar-refractivity contribution is 5.55. The molecule has 1 heterocycles. The van der Waals surface area contributed by atoms with Crippen molar-refractivity contribution in [2.45, 2.75) is 6.92 Å². The second-order valence-corrected chi connectivity index (χ2v) is 5.30. The highest BCUT2D eigenvalue weighted by Crippen LogP contribution is 2.16. The number of hydrogen-bond acceptors (Lipinski definition) is 5. The Morgan fingerprint density at radius 3 is 2.42 bits per heavy atom. The molecule has 0 aliphatic rings. The van der Waals surface area contributed by atoms with Gasteiger partial charge >= 0.3 is 0 Å². The fourth-order valence-corrected chi connectivity index (χ4v) is 2.19. The first-order valence-corrected chi connectivity index (χ1v) is 7.89. The molecule has 2 N–H and O–H groups in total. The van der Waals surface area contributed by atoms with E-state index in [0.29, 0.717) is 19.1 Å². The Bertz CT molecular complexity index is 763. The predicted molar refractivity (Wildman–Crippen MR) is 96.9 cm³/mol. The van der Waals surface area contributed by atoms with Crippen LogP contribution in [0.1, 0.15) is 5.56 Å². The molecule has 0 radical (unpaired) electrons. The lowest BCUT2D eigenvalue weighted by atomic mass is 10.3. The average molecular weight is 320 g/mol. The molecule has 5 heteroatoms. The molecule has 0 aliphatic carbocycles. The second-order valence-electron chi connectivity index (χ2n) is 5.30. The van der Waals surface area contributed by atoms with Gasteiger partial charge in [0.25, 0.3) is 0 Å². The molecule has 0 atom stereocenters. The molecule has 0 amide bonds. The number of nitrogens with zero attached hydrogens (tertiary/aromatic N) is 2. The number of anilines is 3. The first kappa shape index (κ1) is 15.8. The van der Waals surface area contributed by atoms with Crippen molar-refractivity contribution in [2.24, 2.45) is 0 Å². The van der Waals surface area contributed by atoms with Gasteiger partial charge in [-0.3, -0.25) is 0 Å². The predicted octanol–water partition coefficient (Wildman–Crippen LogP) is 4.02. The maximum Gasteiger partial charge on any atom is 0.229 e. The Labute approximate surface area is 141 Å².